The molecule has 0 saturated carbocycles. The molecule has 19 heavy (non-hydrogen) atoms. The van der Waals surface area contributed by atoms with Crippen molar-refractivity contribution in [3.05, 3.63) is 28.2 Å². The van der Waals surface area contributed by atoms with Crippen LogP contribution in [0.3, 0.4) is 0 Å². The number of nitrogens with zero attached hydrogens (tertiary/aromatic N) is 1. The van der Waals surface area contributed by atoms with Crippen molar-refractivity contribution in [2.75, 3.05) is 26.7 Å². The van der Waals surface area contributed by atoms with Crippen molar-refractivity contribution in [2.24, 2.45) is 5.92 Å². The van der Waals surface area contributed by atoms with Gasteiger partial charge in [0.05, 0.1) is 17.2 Å². The maximum atomic E-state index is 11.0. The Kier molecular flexibility index (Phi) is 3.58. The summed E-state index contributed by atoms with van der Waals surface area (Å²) < 4.78 is 6.21. The van der Waals surface area contributed by atoms with Gasteiger partial charge in [0, 0.05) is 25.4 Å². The molecule has 2 heterocycles. The molecule has 1 N–H and O–H groups in total. The van der Waals surface area contributed by atoms with Crippen LogP contribution in [0.15, 0.2) is 22.7 Å². The number of hydrogen-bond acceptors (Lipinski definition) is 3. The minimum atomic E-state index is -0.527. The van der Waals surface area contributed by atoms with E-state index in [4.69, 9.17) is 4.74 Å². The topological polar surface area (TPSA) is 32.7 Å². The van der Waals surface area contributed by atoms with Crippen LogP contribution in [0.1, 0.15) is 18.4 Å². The van der Waals surface area contributed by atoms with Crippen molar-refractivity contribution in [3.8, 4) is 5.75 Å². The molecule has 1 aromatic carbocycles. The van der Waals surface area contributed by atoms with E-state index in [-0.39, 0.29) is 0 Å². The zero-order chi connectivity index (χ0) is 13.5. The number of fused-ring (bicyclic) bond motifs is 2. The Morgan fingerprint density at radius 1 is 1.47 bits per heavy atom. The minimum Gasteiger partial charge on any atom is -0.496 e. The smallest absolute Gasteiger partial charge is 0.133 e. The van der Waals surface area contributed by atoms with Crippen LogP contribution < -0.4 is 4.74 Å². The van der Waals surface area contributed by atoms with Gasteiger partial charge < -0.3 is 14.7 Å². The molecule has 2 aliphatic heterocycles. The van der Waals surface area contributed by atoms with E-state index in [0.717, 1.165) is 49.1 Å². The highest BCUT2D eigenvalue weighted by atomic mass is 79.9. The summed E-state index contributed by atoms with van der Waals surface area (Å²) in [6.45, 7) is 3.25. The van der Waals surface area contributed by atoms with E-state index in [1.54, 1.807) is 7.11 Å². The van der Waals surface area contributed by atoms with E-state index < -0.39 is 5.60 Å². The molecule has 2 saturated heterocycles. The number of aliphatic hydroxyl groups is 1. The summed E-state index contributed by atoms with van der Waals surface area (Å²) in [4.78, 5) is 2.46. The molecule has 0 aromatic heterocycles. The molecule has 3 atom stereocenters. The van der Waals surface area contributed by atoms with Gasteiger partial charge in [-0.05, 0) is 53.0 Å². The lowest BCUT2D eigenvalue weighted by Gasteiger charge is -2.39. The van der Waals surface area contributed by atoms with Gasteiger partial charge in [0.15, 0.2) is 0 Å². The largest absolute Gasteiger partial charge is 0.496 e. The lowest BCUT2D eigenvalue weighted by Crippen LogP contribution is -2.47. The number of methoxy groups -OCH3 is 1. The highest BCUT2D eigenvalue weighted by Crippen LogP contribution is 2.38. The molecule has 0 aliphatic carbocycles. The van der Waals surface area contributed by atoms with Gasteiger partial charge in [-0.1, -0.05) is 6.07 Å². The van der Waals surface area contributed by atoms with Crippen LogP contribution in [0.4, 0.5) is 0 Å². The van der Waals surface area contributed by atoms with E-state index in [2.05, 4.69) is 33.0 Å². The van der Waals surface area contributed by atoms with E-state index in [9.17, 15) is 5.11 Å². The van der Waals surface area contributed by atoms with Crippen molar-refractivity contribution < 1.29 is 9.84 Å². The Hall–Kier alpha value is -0.580. The first-order valence-corrected chi connectivity index (χ1v) is 7.67. The lowest BCUT2D eigenvalue weighted by molar-refractivity contribution is -0.0439. The zero-order valence-electron chi connectivity index (χ0n) is 11.2. The van der Waals surface area contributed by atoms with Crippen LogP contribution in [-0.2, 0) is 6.42 Å². The Labute approximate surface area is 122 Å². The Morgan fingerprint density at radius 2 is 2.32 bits per heavy atom. The quantitative estimate of drug-likeness (QED) is 0.926. The maximum absolute atomic E-state index is 11.0. The SMILES string of the molecule is COc1ccc(CC2(O)CCN3CCC2C3)cc1Br. The summed E-state index contributed by atoms with van der Waals surface area (Å²) in [6, 6.07) is 6.09. The highest BCUT2D eigenvalue weighted by Gasteiger charge is 2.44. The van der Waals surface area contributed by atoms with Crippen molar-refractivity contribution in [2.45, 2.75) is 24.9 Å². The van der Waals surface area contributed by atoms with Crippen LogP contribution in [0.25, 0.3) is 0 Å². The standard InChI is InChI=1S/C15H20BrNO2/c1-19-14-3-2-11(8-13(14)16)9-15(18)5-7-17-6-4-12(15)10-17/h2-3,8,12,18H,4-7,9-10H2,1H3. The van der Waals surface area contributed by atoms with Crippen molar-refractivity contribution in [1.82, 2.24) is 4.90 Å². The zero-order valence-corrected chi connectivity index (χ0v) is 12.8. The molecule has 0 spiro atoms. The monoisotopic (exact) mass is 325 g/mol. The lowest BCUT2D eigenvalue weighted by atomic mass is 9.78. The second-order valence-corrected chi connectivity index (χ2v) is 6.64. The Morgan fingerprint density at radius 3 is 3.05 bits per heavy atom. The Balaban J connectivity index is 1.78. The molecule has 4 heteroatoms. The van der Waals surface area contributed by atoms with Gasteiger partial charge in [-0.3, -0.25) is 0 Å². The van der Waals surface area contributed by atoms with E-state index >= 15 is 0 Å². The summed E-state index contributed by atoms with van der Waals surface area (Å²) in [5, 5.41) is 11.0. The van der Waals surface area contributed by atoms with Crippen LogP contribution in [0, 0.1) is 5.92 Å². The number of benzene rings is 1. The first-order chi connectivity index (χ1) is 9.10. The van der Waals surface area contributed by atoms with Crippen LogP contribution in [0.2, 0.25) is 0 Å². The van der Waals surface area contributed by atoms with Gasteiger partial charge in [0.1, 0.15) is 5.75 Å². The van der Waals surface area contributed by atoms with Gasteiger partial charge >= 0.3 is 0 Å². The normalized spacial score (nSPS) is 33.4. The van der Waals surface area contributed by atoms with Crippen molar-refractivity contribution in [1.29, 1.82) is 0 Å². The average Bonchev–Trinajstić information content (AvgIpc) is 2.81. The molecule has 3 unspecified atom stereocenters. The molecule has 3 rings (SSSR count). The fourth-order valence-corrected chi connectivity index (χ4v) is 4.02. The molecule has 104 valence electrons. The molecule has 0 amide bonds. The van der Waals surface area contributed by atoms with E-state index in [0.29, 0.717) is 5.92 Å². The first kappa shape index (κ1) is 13.4. The van der Waals surface area contributed by atoms with Crippen LogP contribution in [0.5, 0.6) is 5.75 Å². The fourth-order valence-electron chi connectivity index (χ4n) is 3.44. The summed E-state index contributed by atoms with van der Waals surface area (Å²) >= 11 is 3.52. The number of ether oxygens (including phenoxy) is 1. The van der Waals surface area contributed by atoms with Gasteiger partial charge in [-0.2, -0.15) is 0 Å². The summed E-state index contributed by atoms with van der Waals surface area (Å²) in [5.41, 5.74) is 0.650. The minimum absolute atomic E-state index is 0.433. The van der Waals surface area contributed by atoms with Gasteiger partial charge in [0.2, 0.25) is 0 Å². The average molecular weight is 326 g/mol. The molecule has 2 fully saturated rings. The predicted molar refractivity (Wildman–Crippen MR) is 78.5 cm³/mol. The van der Waals surface area contributed by atoms with E-state index in [1.807, 2.05) is 6.07 Å². The third-order valence-corrected chi connectivity index (χ3v) is 5.24. The van der Waals surface area contributed by atoms with Gasteiger partial charge in [0.25, 0.3) is 0 Å². The number of halogens is 1. The van der Waals surface area contributed by atoms with Crippen molar-refractivity contribution >= 4 is 15.9 Å². The number of piperidine rings is 1. The first-order valence-electron chi connectivity index (χ1n) is 6.88. The molecular weight excluding hydrogens is 306 g/mol. The third-order valence-electron chi connectivity index (χ3n) is 4.62. The third kappa shape index (κ3) is 2.54. The van der Waals surface area contributed by atoms with Gasteiger partial charge in [-0.25, -0.2) is 0 Å². The number of hydrogen-bond donors (Lipinski definition) is 1. The molecular formula is C15H20BrNO2. The Bertz CT molecular complexity index is 479. The van der Waals surface area contributed by atoms with Crippen LogP contribution >= 0.6 is 15.9 Å². The summed E-state index contributed by atoms with van der Waals surface area (Å²) in [5.74, 6) is 1.27. The molecule has 3 nitrogen and oxygen atoms in total. The predicted octanol–water partition coefficient (Wildman–Crippen LogP) is 2.46. The number of rotatable bonds is 3. The van der Waals surface area contributed by atoms with Crippen LogP contribution in [-0.4, -0.2) is 42.4 Å². The fraction of sp³-hybridized carbons (Fsp3) is 0.600. The van der Waals surface area contributed by atoms with E-state index in [1.165, 1.54) is 5.56 Å². The van der Waals surface area contributed by atoms with Gasteiger partial charge in [-0.15, -0.1) is 0 Å². The second-order valence-electron chi connectivity index (χ2n) is 5.79. The molecule has 2 bridgehead atoms. The summed E-state index contributed by atoms with van der Waals surface area (Å²) in [6.07, 6.45) is 2.77. The molecule has 2 aliphatic rings. The second kappa shape index (κ2) is 5.08. The molecule has 0 radical (unpaired) electrons. The van der Waals surface area contributed by atoms with Crippen molar-refractivity contribution in [3.63, 3.8) is 0 Å². The molecule has 1 aromatic rings. The summed E-state index contributed by atoms with van der Waals surface area (Å²) in [7, 11) is 1.67. The maximum Gasteiger partial charge on any atom is 0.133 e. The highest BCUT2D eigenvalue weighted by molar-refractivity contribution is 9.10.